The fourth-order valence-electron chi connectivity index (χ4n) is 4.75. The molecular formula is C31H53N11O8. The van der Waals surface area contributed by atoms with Crippen LogP contribution >= 0.6 is 0 Å². The van der Waals surface area contributed by atoms with Crippen molar-refractivity contribution in [3.8, 4) is 5.75 Å². The number of phenols is 1. The Morgan fingerprint density at radius 3 is 1.60 bits per heavy atom. The van der Waals surface area contributed by atoms with Gasteiger partial charge < -0.3 is 65.0 Å². The number of amides is 5. The maximum atomic E-state index is 13.7. The smallest absolute Gasteiger partial charge is 0.322 e. The average molecular weight is 708 g/mol. The minimum Gasteiger partial charge on any atom is -0.508 e. The SMILES string of the molecule is N=C(N)NCCC[C@H](NC(=O)[C@H](CCCCN)NC(=O)[C@H](CCCCN)NC(=O)CN)C(=O)N[C@@H](Cc1ccc(O)cc1)C(=O)NCC(=O)O. The number of benzene rings is 1. The summed E-state index contributed by atoms with van der Waals surface area (Å²) in [5.41, 5.74) is 22.5. The van der Waals surface area contributed by atoms with Crippen LogP contribution in [0, 0.1) is 5.41 Å². The van der Waals surface area contributed by atoms with Gasteiger partial charge in [-0.15, -0.1) is 0 Å². The third-order valence-corrected chi connectivity index (χ3v) is 7.40. The number of guanidine groups is 1. The van der Waals surface area contributed by atoms with Crippen LogP contribution in [0.3, 0.4) is 0 Å². The van der Waals surface area contributed by atoms with Crippen molar-refractivity contribution in [1.82, 2.24) is 31.9 Å². The lowest BCUT2D eigenvalue weighted by Gasteiger charge is -2.27. The van der Waals surface area contributed by atoms with E-state index in [2.05, 4.69) is 31.9 Å². The number of nitrogens with one attached hydrogen (secondary N) is 7. The molecule has 1 aromatic rings. The highest BCUT2D eigenvalue weighted by atomic mass is 16.4. The Kier molecular flexibility index (Phi) is 20.8. The van der Waals surface area contributed by atoms with Gasteiger partial charge in [-0.1, -0.05) is 12.1 Å². The fourth-order valence-corrected chi connectivity index (χ4v) is 4.75. The quantitative estimate of drug-likeness (QED) is 0.0267. The van der Waals surface area contributed by atoms with Gasteiger partial charge in [0.1, 0.15) is 36.5 Å². The van der Waals surface area contributed by atoms with E-state index in [1.807, 2.05) is 0 Å². The molecule has 0 aliphatic carbocycles. The van der Waals surface area contributed by atoms with Crippen LogP contribution in [0.15, 0.2) is 24.3 Å². The summed E-state index contributed by atoms with van der Waals surface area (Å²) in [5, 5.41) is 41.4. The number of carbonyl (C=O) groups is 6. The molecule has 0 aliphatic rings. The maximum Gasteiger partial charge on any atom is 0.322 e. The van der Waals surface area contributed by atoms with E-state index in [0.717, 1.165) is 0 Å². The van der Waals surface area contributed by atoms with E-state index in [-0.39, 0.29) is 56.9 Å². The molecule has 17 N–H and O–H groups in total. The van der Waals surface area contributed by atoms with Crippen LogP contribution in [0.1, 0.15) is 56.9 Å². The number of hydrogen-bond acceptors (Lipinski definition) is 11. The molecule has 0 saturated heterocycles. The van der Waals surface area contributed by atoms with Gasteiger partial charge in [-0.3, -0.25) is 34.2 Å². The summed E-state index contributed by atoms with van der Waals surface area (Å²) in [4.78, 5) is 76.9. The minimum atomic E-state index is -1.30. The first-order chi connectivity index (χ1) is 23.8. The summed E-state index contributed by atoms with van der Waals surface area (Å²) in [6.45, 7) is -0.172. The topological polar surface area (TPSA) is 343 Å². The molecule has 0 aromatic heterocycles. The molecule has 0 saturated carbocycles. The summed E-state index contributed by atoms with van der Waals surface area (Å²) in [6.07, 6.45) is 2.66. The van der Waals surface area contributed by atoms with Gasteiger partial charge in [-0.05, 0) is 82.2 Å². The number of carbonyl (C=O) groups excluding carboxylic acids is 5. The van der Waals surface area contributed by atoms with E-state index in [9.17, 15) is 33.9 Å². The minimum absolute atomic E-state index is 0.0122. The Labute approximate surface area is 290 Å². The average Bonchev–Trinajstić information content (AvgIpc) is 3.07. The molecule has 5 amide bonds. The Balaban J connectivity index is 3.30. The van der Waals surface area contributed by atoms with Crippen LogP contribution in [0.4, 0.5) is 0 Å². The van der Waals surface area contributed by atoms with Gasteiger partial charge in [0.15, 0.2) is 5.96 Å². The molecule has 1 rings (SSSR count). The van der Waals surface area contributed by atoms with Crippen LogP contribution < -0.4 is 54.8 Å². The standard InChI is InChI=1S/C31H53N11O8/c32-13-3-1-6-21(39-25(44)17-34)28(48)40-22(7-2-4-14-33)29(49)41-23(8-5-15-37-31(35)36)30(50)42-24(27(47)38-18-26(45)46)16-19-9-11-20(43)12-10-19/h9-12,21-24,43H,1-8,13-18,32-34H2,(H,38,47)(H,39,44)(H,40,48)(H,41,49)(H,42,50)(H,45,46)(H4,35,36,37)/t21-,22-,23-,24-/m0/s1. The molecule has 4 atom stereocenters. The molecule has 0 spiro atoms. The number of aromatic hydroxyl groups is 1. The maximum absolute atomic E-state index is 13.7. The molecule has 0 unspecified atom stereocenters. The predicted molar refractivity (Wildman–Crippen MR) is 184 cm³/mol. The Morgan fingerprint density at radius 1 is 0.660 bits per heavy atom. The molecule has 0 heterocycles. The van der Waals surface area contributed by atoms with Gasteiger partial charge >= 0.3 is 5.97 Å². The van der Waals surface area contributed by atoms with Crippen molar-refractivity contribution in [3.63, 3.8) is 0 Å². The van der Waals surface area contributed by atoms with E-state index >= 15 is 0 Å². The van der Waals surface area contributed by atoms with Crippen molar-refractivity contribution in [2.75, 3.05) is 32.7 Å². The van der Waals surface area contributed by atoms with Crippen molar-refractivity contribution >= 4 is 41.5 Å². The number of nitrogens with two attached hydrogens (primary N) is 4. The largest absolute Gasteiger partial charge is 0.508 e. The van der Waals surface area contributed by atoms with Gasteiger partial charge in [-0.25, -0.2) is 0 Å². The summed E-state index contributed by atoms with van der Waals surface area (Å²) in [5.74, 6) is -5.12. The first-order valence-corrected chi connectivity index (χ1v) is 16.5. The highest BCUT2D eigenvalue weighted by Crippen LogP contribution is 2.12. The van der Waals surface area contributed by atoms with E-state index in [4.69, 9.17) is 33.5 Å². The van der Waals surface area contributed by atoms with Crippen molar-refractivity contribution in [2.45, 2.75) is 82.0 Å². The second-order valence-electron chi connectivity index (χ2n) is 11.5. The zero-order valence-electron chi connectivity index (χ0n) is 28.2. The number of carboxylic acids is 1. The molecule has 50 heavy (non-hydrogen) atoms. The lowest BCUT2D eigenvalue weighted by Crippen LogP contribution is -2.58. The Bertz CT molecular complexity index is 1270. The van der Waals surface area contributed by atoms with Gasteiger partial charge in [0.2, 0.25) is 29.5 Å². The van der Waals surface area contributed by atoms with Crippen molar-refractivity contribution < 1.29 is 39.0 Å². The van der Waals surface area contributed by atoms with Gasteiger partial charge in [-0.2, -0.15) is 0 Å². The first-order valence-electron chi connectivity index (χ1n) is 16.5. The van der Waals surface area contributed by atoms with Crippen LogP contribution in [0.2, 0.25) is 0 Å². The molecular weight excluding hydrogens is 654 g/mol. The van der Waals surface area contributed by atoms with Crippen LogP contribution in [0.5, 0.6) is 5.75 Å². The molecule has 0 radical (unpaired) electrons. The third-order valence-electron chi connectivity index (χ3n) is 7.40. The second-order valence-corrected chi connectivity index (χ2v) is 11.5. The van der Waals surface area contributed by atoms with E-state index in [1.54, 1.807) is 0 Å². The lowest BCUT2D eigenvalue weighted by molar-refractivity contribution is -0.138. The summed E-state index contributed by atoms with van der Waals surface area (Å²) in [7, 11) is 0. The Morgan fingerprint density at radius 2 is 1.14 bits per heavy atom. The number of rotatable bonds is 25. The lowest BCUT2D eigenvalue weighted by atomic mass is 10.0. The monoisotopic (exact) mass is 707 g/mol. The summed E-state index contributed by atoms with van der Waals surface area (Å²) in [6, 6.07) is 1.16. The van der Waals surface area contributed by atoms with Gasteiger partial charge in [0.25, 0.3) is 0 Å². The summed E-state index contributed by atoms with van der Waals surface area (Å²) < 4.78 is 0. The molecule has 19 nitrogen and oxygen atoms in total. The van der Waals surface area contributed by atoms with Crippen molar-refractivity contribution in [1.29, 1.82) is 5.41 Å². The zero-order chi connectivity index (χ0) is 37.5. The predicted octanol–water partition coefficient (Wildman–Crippen LogP) is -3.45. The highest BCUT2D eigenvalue weighted by Gasteiger charge is 2.31. The highest BCUT2D eigenvalue weighted by molar-refractivity contribution is 5.96. The van der Waals surface area contributed by atoms with E-state index in [0.29, 0.717) is 44.3 Å². The van der Waals surface area contributed by atoms with Crippen molar-refractivity contribution in [2.24, 2.45) is 22.9 Å². The first kappa shape index (κ1) is 43.0. The molecule has 1 aromatic carbocycles. The second kappa shape index (κ2) is 24.2. The van der Waals surface area contributed by atoms with E-state index in [1.165, 1.54) is 24.3 Å². The molecule has 280 valence electrons. The normalized spacial score (nSPS) is 13.1. The molecule has 0 aliphatic heterocycles. The molecule has 19 heteroatoms. The van der Waals surface area contributed by atoms with E-state index < -0.39 is 66.2 Å². The van der Waals surface area contributed by atoms with Crippen LogP contribution in [-0.4, -0.2) is 109 Å². The van der Waals surface area contributed by atoms with Crippen LogP contribution in [0.25, 0.3) is 0 Å². The Hall–Kier alpha value is -5.01. The van der Waals surface area contributed by atoms with Gasteiger partial charge in [0.05, 0.1) is 6.54 Å². The zero-order valence-corrected chi connectivity index (χ0v) is 28.2. The number of carboxylic acid groups (broad SMARTS) is 1. The number of aliphatic carboxylic acids is 1. The number of phenolic OH excluding ortho intramolecular Hbond substituents is 1. The third kappa shape index (κ3) is 17.9. The van der Waals surface area contributed by atoms with Crippen molar-refractivity contribution in [3.05, 3.63) is 29.8 Å². The van der Waals surface area contributed by atoms with Crippen LogP contribution in [-0.2, 0) is 35.2 Å². The fraction of sp³-hybridized carbons (Fsp3) is 0.581. The molecule has 0 bridgehead atoms. The number of hydrogen-bond donors (Lipinski definition) is 13. The summed E-state index contributed by atoms with van der Waals surface area (Å²) >= 11 is 0. The molecule has 0 fully saturated rings. The van der Waals surface area contributed by atoms with Gasteiger partial charge in [0, 0.05) is 13.0 Å². The number of unbranched alkanes of at least 4 members (excludes halogenated alkanes) is 2.